The Labute approximate surface area is 87.1 Å². The molecule has 1 aromatic rings. The van der Waals surface area contributed by atoms with Crippen molar-refractivity contribution >= 4 is 15.9 Å². The Morgan fingerprint density at radius 1 is 1.29 bits per heavy atom. The molecule has 5 heteroatoms. The van der Waals surface area contributed by atoms with Crippen molar-refractivity contribution in [1.82, 2.24) is 0 Å². The Bertz CT molecular complexity index is 343. The maximum Gasteiger partial charge on any atom is 0.416 e. The summed E-state index contributed by atoms with van der Waals surface area (Å²) >= 11 is 2.94. The first kappa shape index (κ1) is 11.5. The van der Waals surface area contributed by atoms with Crippen LogP contribution in [0.15, 0.2) is 12.1 Å². The minimum absolute atomic E-state index is 0.00859. The van der Waals surface area contributed by atoms with E-state index in [1.807, 2.05) is 0 Å². The molecule has 0 radical (unpaired) electrons. The fraction of sp³-hybridized carbons (Fsp3) is 0.333. The van der Waals surface area contributed by atoms with Crippen LogP contribution in [0.1, 0.15) is 16.7 Å². The van der Waals surface area contributed by atoms with Crippen molar-refractivity contribution in [3.05, 3.63) is 34.6 Å². The summed E-state index contributed by atoms with van der Waals surface area (Å²) < 4.78 is 50.0. The minimum Gasteiger partial charge on any atom is -0.206 e. The molecule has 14 heavy (non-hydrogen) atoms. The Morgan fingerprint density at radius 2 is 1.86 bits per heavy atom. The highest BCUT2D eigenvalue weighted by molar-refractivity contribution is 9.08. The van der Waals surface area contributed by atoms with Crippen LogP contribution in [0.3, 0.4) is 0 Å². The summed E-state index contributed by atoms with van der Waals surface area (Å²) in [6.07, 6.45) is -4.42. The molecule has 0 aliphatic heterocycles. The van der Waals surface area contributed by atoms with E-state index in [0.29, 0.717) is 0 Å². The number of rotatable bonds is 1. The largest absolute Gasteiger partial charge is 0.416 e. The second-order valence-electron chi connectivity index (χ2n) is 2.90. The van der Waals surface area contributed by atoms with Crippen molar-refractivity contribution in [2.24, 2.45) is 0 Å². The van der Waals surface area contributed by atoms with Gasteiger partial charge in [-0.3, -0.25) is 0 Å². The van der Waals surface area contributed by atoms with Gasteiger partial charge < -0.3 is 0 Å². The zero-order valence-electron chi connectivity index (χ0n) is 7.25. The lowest BCUT2D eigenvalue weighted by atomic mass is 10.1. The smallest absolute Gasteiger partial charge is 0.206 e. The highest BCUT2D eigenvalue weighted by Gasteiger charge is 2.31. The summed E-state index contributed by atoms with van der Waals surface area (Å²) in [5.74, 6) is -0.588. The molecule has 78 valence electrons. The SMILES string of the molecule is Cc1cc(C(F)(F)F)cc(CBr)c1F. The van der Waals surface area contributed by atoms with Gasteiger partial charge in [0.25, 0.3) is 0 Å². The Kier molecular flexibility index (Phi) is 3.19. The van der Waals surface area contributed by atoms with Crippen molar-refractivity contribution < 1.29 is 17.6 Å². The van der Waals surface area contributed by atoms with Crippen LogP contribution in [-0.4, -0.2) is 0 Å². The van der Waals surface area contributed by atoms with Gasteiger partial charge in [0.05, 0.1) is 5.56 Å². The van der Waals surface area contributed by atoms with Gasteiger partial charge in [0.2, 0.25) is 0 Å². The molecule has 1 aromatic carbocycles. The molecule has 0 amide bonds. The van der Waals surface area contributed by atoms with E-state index < -0.39 is 17.6 Å². The Hall–Kier alpha value is -0.580. The molecule has 0 aliphatic carbocycles. The molecule has 0 spiro atoms. The lowest BCUT2D eigenvalue weighted by Gasteiger charge is -2.10. The van der Waals surface area contributed by atoms with E-state index in [9.17, 15) is 17.6 Å². The van der Waals surface area contributed by atoms with Gasteiger partial charge in [0.15, 0.2) is 0 Å². The van der Waals surface area contributed by atoms with Crippen LogP contribution < -0.4 is 0 Å². The van der Waals surface area contributed by atoms with E-state index in [1.165, 1.54) is 6.92 Å². The summed E-state index contributed by atoms with van der Waals surface area (Å²) in [6.45, 7) is 1.32. The molecule has 0 unspecified atom stereocenters. The van der Waals surface area contributed by atoms with Crippen LogP contribution in [0, 0.1) is 12.7 Å². The minimum atomic E-state index is -4.42. The molecule has 0 aromatic heterocycles. The van der Waals surface area contributed by atoms with Gasteiger partial charge >= 0.3 is 6.18 Å². The molecule has 0 N–H and O–H groups in total. The van der Waals surface area contributed by atoms with E-state index in [1.54, 1.807) is 0 Å². The highest BCUT2D eigenvalue weighted by Crippen LogP contribution is 2.32. The number of hydrogen-bond acceptors (Lipinski definition) is 0. The maximum atomic E-state index is 13.2. The van der Waals surface area contributed by atoms with Crippen LogP contribution >= 0.6 is 15.9 Å². The number of hydrogen-bond donors (Lipinski definition) is 0. The second-order valence-corrected chi connectivity index (χ2v) is 3.46. The summed E-state index contributed by atoms with van der Waals surface area (Å²) in [5, 5.41) is 0.0730. The van der Waals surface area contributed by atoms with Gasteiger partial charge in [-0.2, -0.15) is 13.2 Å². The van der Waals surface area contributed by atoms with Crippen molar-refractivity contribution in [3.63, 3.8) is 0 Å². The molecule has 0 aliphatic rings. The fourth-order valence-corrected chi connectivity index (χ4v) is 1.51. The summed E-state index contributed by atoms with van der Waals surface area (Å²) in [4.78, 5) is 0. The fourth-order valence-electron chi connectivity index (χ4n) is 1.10. The quantitative estimate of drug-likeness (QED) is 0.534. The van der Waals surface area contributed by atoms with Crippen molar-refractivity contribution in [2.75, 3.05) is 0 Å². The standard InChI is InChI=1S/C9H7BrF4/c1-5-2-7(9(12,13)14)3-6(4-10)8(5)11/h2-3H,4H2,1H3. The molecule has 0 heterocycles. The van der Waals surface area contributed by atoms with E-state index in [0.717, 1.165) is 12.1 Å². The maximum absolute atomic E-state index is 13.2. The molecule has 0 fully saturated rings. The topological polar surface area (TPSA) is 0 Å². The van der Waals surface area contributed by atoms with Crippen LogP contribution in [-0.2, 0) is 11.5 Å². The molecule has 1 rings (SSSR count). The van der Waals surface area contributed by atoms with Crippen LogP contribution in [0.2, 0.25) is 0 Å². The zero-order chi connectivity index (χ0) is 10.9. The van der Waals surface area contributed by atoms with Crippen LogP contribution in [0.25, 0.3) is 0 Å². The molecule has 0 saturated carbocycles. The summed E-state index contributed by atoms with van der Waals surface area (Å²) in [6, 6.07) is 1.62. The average molecular weight is 271 g/mol. The first-order valence-electron chi connectivity index (χ1n) is 3.78. The lowest BCUT2D eigenvalue weighted by Crippen LogP contribution is -2.07. The molecule has 0 bridgehead atoms. The second kappa shape index (κ2) is 3.88. The normalized spacial score (nSPS) is 11.9. The first-order valence-corrected chi connectivity index (χ1v) is 4.90. The molecular weight excluding hydrogens is 264 g/mol. The zero-order valence-corrected chi connectivity index (χ0v) is 8.84. The van der Waals surface area contributed by atoms with Crippen LogP contribution in [0.4, 0.5) is 17.6 Å². The van der Waals surface area contributed by atoms with Crippen molar-refractivity contribution in [3.8, 4) is 0 Å². The van der Waals surface area contributed by atoms with Gasteiger partial charge in [-0.15, -0.1) is 0 Å². The van der Waals surface area contributed by atoms with Gasteiger partial charge in [-0.05, 0) is 30.2 Å². The predicted octanol–water partition coefficient (Wildman–Crippen LogP) is 4.05. The van der Waals surface area contributed by atoms with Gasteiger partial charge in [-0.25, -0.2) is 4.39 Å². The third-order valence-electron chi connectivity index (χ3n) is 1.80. The van der Waals surface area contributed by atoms with Gasteiger partial charge in [0.1, 0.15) is 5.82 Å². The van der Waals surface area contributed by atoms with E-state index in [4.69, 9.17) is 0 Å². The van der Waals surface area contributed by atoms with Gasteiger partial charge in [0, 0.05) is 5.33 Å². The molecular formula is C9H7BrF4. The van der Waals surface area contributed by atoms with Crippen molar-refractivity contribution in [1.29, 1.82) is 0 Å². The predicted molar refractivity (Wildman–Crippen MR) is 48.8 cm³/mol. The third-order valence-corrected chi connectivity index (χ3v) is 2.41. The van der Waals surface area contributed by atoms with E-state index >= 15 is 0 Å². The van der Waals surface area contributed by atoms with E-state index in [2.05, 4.69) is 15.9 Å². The summed E-state index contributed by atoms with van der Waals surface area (Å²) in [7, 11) is 0. The molecule has 0 saturated heterocycles. The lowest BCUT2D eigenvalue weighted by molar-refractivity contribution is -0.137. The summed E-state index contributed by atoms with van der Waals surface area (Å²) in [5.41, 5.74) is -0.780. The first-order chi connectivity index (χ1) is 6.36. The monoisotopic (exact) mass is 270 g/mol. The van der Waals surface area contributed by atoms with E-state index in [-0.39, 0.29) is 16.5 Å². The van der Waals surface area contributed by atoms with Crippen molar-refractivity contribution in [2.45, 2.75) is 18.4 Å². The molecule has 0 atom stereocenters. The number of halogens is 5. The average Bonchev–Trinajstić information content (AvgIpc) is 2.07. The Balaban J connectivity index is 3.30. The highest BCUT2D eigenvalue weighted by atomic mass is 79.9. The Morgan fingerprint density at radius 3 is 2.29 bits per heavy atom. The number of aryl methyl sites for hydroxylation is 1. The third kappa shape index (κ3) is 2.26. The molecule has 0 nitrogen and oxygen atoms in total. The van der Waals surface area contributed by atoms with Crippen LogP contribution in [0.5, 0.6) is 0 Å². The number of benzene rings is 1. The van der Waals surface area contributed by atoms with Gasteiger partial charge in [-0.1, -0.05) is 15.9 Å². The number of alkyl halides is 4.